The molecule has 0 saturated carbocycles. The summed E-state index contributed by atoms with van der Waals surface area (Å²) in [5.41, 5.74) is -0.803. The summed E-state index contributed by atoms with van der Waals surface area (Å²) in [5.74, 6) is -4.99. The van der Waals surface area contributed by atoms with E-state index in [9.17, 15) is 18.8 Å². The third-order valence-corrected chi connectivity index (χ3v) is 3.36. The van der Waals surface area contributed by atoms with Gasteiger partial charge in [0.25, 0.3) is 5.79 Å². The molecular weight excluding hydrogens is 345 g/mol. The van der Waals surface area contributed by atoms with Crippen LogP contribution in [0.5, 0.6) is 0 Å². The molecule has 0 unspecified atom stereocenters. The fraction of sp³-hybridized carbons (Fsp3) is 0.267. The first kappa shape index (κ1) is 17.7. The summed E-state index contributed by atoms with van der Waals surface area (Å²) in [6.45, 7) is 2.82. The molecular formula is C15H13ClFNO6. The monoisotopic (exact) mass is 357 g/mol. The van der Waals surface area contributed by atoms with Crippen LogP contribution in [0.3, 0.4) is 0 Å². The Morgan fingerprint density at radius 1 is 1.29 bits per heavy atom. The van der Waals surface area contributed by atoms with E-state index in [1.165, 1.54) is 19.9 Å². The van der Waals surface area contributed by atoms with Crippen molar-refractivity contribution in [1.82, 2.24) is 0 Å². The lowest BCUT2D eigenvalue weighted by molar-refractivity contribution is -0.222. The molecule has 7 nitrogen and oxygen atoms in total. The number of methoxy groups -OCH3 is 1. The molecule has 0 radical (unpaired) electrons. The maximum Gasteiger partial charge on any atom is 0.350 e. The van der Waals surface area contributed by atoms with Gasteiger partial charge in [0, 0.05) is 20.0 Å². The highest BCUT2D eigenvalue weighted by atomic mass is 35.5. The lowest BCUT2D eigenvalue weighted by Crippen LogP contribution is -2.42. The van der Waals surface area contributed by atoms with Crippen LogP contribution in [-0.2, 0) is 23.8 Å². The first-order valence-corrected chi connectivity index (χ1v) is 7.04. The van der Waals surface area contributed by atoms with Gasteiger partial charge in [0.05, 0.1) is 17.8 Å². The van der Waals surface area contributed by atoms with Crippen molar-refractivity contribution in [2.24, 2.45) is 0 Å². The molecule has 0 amide bonds. The predicted octanol–water partition coefficient (Wildman–Crippen LogP) is 2.40. The highest BCUT2D eigenvalue weighted by Gasteiger charge is 2.39. The van der Waals surface area contributed by atoms with E-state index in [0.717, 1.165) is 19.4 Å². The normalized spacial score (nSPS) is 16.1. The average Bonchev–Trinajstić information content (AvgIpc) is 2.47. The zero-order chi connectivity index (χ0) is 18.1. The van der Waals surface area contributed by atoms with E-state index in [0.29, 0.717) is 0 Å². The molecule has 0 spiro atoms. The van der Waals surface area contributed by atoms with Gasteiger partial charge in [0.15, 0.2) is 5.57 Å². The zero-order valence-corrected chi connectivity index (χ0v) is 13.7. The summed E-state index contributed by atoms with van der Waals surface area (Å²) in [6, 6.07) is 2.21. The summed E-state index contributed by atoms with van der Waals surface area (Å²) in [5, 5.41) is 2.28. The molecule has 128 valence electrons. The van der Waals surface area contributed by atoms with Gasteiger partial charge in [-0.25, -0.2) is 18.8 Å². The van der Waals surface area contributed by atoms with Crippen LogP contribution in [0.4, 0.5) is 10.1 Å². The van der Waals surface area contributed by atoms with E-state index >= 15 is 0 Å². The summed E-state index contributed by atoms with van der Waals surface area (Å²) in [7, 11) is 1.08. The average molecular weight is 358 g/mol. The number of anilines is 1. The third-order valence-electron chi connectivity index (χ3n) is 2.97. The quantitative estimate of drug-likeness (QED) is 0.504. The minimum atomic E-state index is -1.36. The Kier molecular flexibility index (Phi) is 4.79. The molecule has 1 aliphatic rings. The van der Waals surface area contributed by atoms with Crippen molar-refractivity contribution < 1.29 is 33.0 Å². The number of nitrogens with one attached hydrogen (secondary N) is 1. The molecule has 0 atom stereocenters. The fourth-order valence-electron chi connectivity index (χ4n) is 1.88. The molecule has 0 aromatic heterocycles. The number of halogens is 2. The Hall–Kier alpha value is -2.61. The van der Waals surface area contributed by atoms with Gasteiger partial charge in [-0.3, -0.25) is 0 Å². The van der Waals surface area contributed by atoms with E-state index in [-0.39, 0.29) is 10.7 Å². The van der Waals surface area contributed by atoms with Gasteiger partial charge in [0.2, 0.25) is 0 Å². The maximum absolute atomic E-state index is 13.7. The molecule has 0 bridgehead atoms. The Bertz CT molecular complexity index is 737. The van der Waals surface area contributed by atoms with Crippen molar-refractivity contribution >= 4 is 35.2 Å². The number of hydrogen-bond acceptors (Lipinski definition) is 7. The van der Waals surface area contributed by atoms with E-state index in [2.05, 4.69) is 10.1 Å². The molecule has 24 heavy (non-hydrogen) atoms. The second-order valence-electron chi connectivity index (χ2n) is 5.16. The minimum absolute atomic E-state index is 0.0800. The SMILES string of the molecule is COC(=O)c1c(F)ccc(NC=C2C(=O)OC(C)(C)OC2=O)c1Cl. The van der Waals surface area contributed by atoms with Crippen molar-refractivity contribution in [1.29, 1.82) is 0 Å². The Labute approximate surface area is 141 Å². The summed E-state index contributed by atoms with van der Waals surface area (Å²) >= 11 is 5.96. The van der Waals surface area contributed by atoms with Crippen LogP contribution in [0.1, 0.15) is 24.2 Å². The number of cyclic esters (lactones) is 2. The van der Waals surface area contributed by atoms with Gasteiger partial charge < -0.3 is 19.5 Å². The second kappa shape index (κ2) is 6.48. The molecule has 1 aromatic carbocycles. The van der Waals surface area contributed by atoms with Crippen molar-refractivity contribution in [3.63, 3.8) is 0 Å². The number of carbonyl (C=O) groups excluding carboxylic acids is 3. The van der Waals surface area contributed by atoms with Crippen molar-refractivity contribution in [3.05, 3.63) is 40.3 Å². The predicted molar refractivity (Wildman–Crippen MR) is 80.7 cm³/mol. The van der Waals surface area contributed by atoms with E-state index in [1.54, 1.807) is 0 Å². The van der Waals surface area contributed by atoms with E-state index in [1.807, 2.05) is 0 Å². The lowest BCUT2D eigenvalue weighted by atomic mass is 10.1. The van der Waals surface area contributed by atoms with Crippen LogP contribution in [0, 0.1) is 5.82 Å². The molecule has 9 heteroatoms. The molecule has 0 aliphatic carbocycles. The number of ether oxygens (including phenoxy) is 3. The largest absolute Gasteiger partial charge is 0.465 e. The standard InChI is InChI=1S/C15H13ClFNO6/c1-15(2)23-12(19)7(13(20)24-15)6-18-9-5-4-8(17)10(11(9)16)14(21)22-3/h4-6,18H,1-3H3. The first-order chi connectivity index (χ1) is 11.2. The molecule has 1 fully saturated rings. The number of carbonyl (C=O) groups is 3. The highest BCUT2D eigenvalue weighted by molar-refractivity contribution is 6.36. The van der Waals surface area contributed by atoms with Crippen molar-refractivity contribution in [2.75, 3.05) is 12.4 Å². The van der Waals surface area contributed by atoms with Crippen LogP contribution in [0.25, 0.3) is 0 Å². The van der Waals surface area contributed by atoms with Gasteiger partial charge in [-0.05, 0) is 12.1 Å². The highest BCUT2D eigenvalue weighted by Crippen LogP contribution is 2.29. The van der Waals surface area contributed by atoms with Gasteiger partial charge in [0.1, 0.15) is 11.4 Å². The molecule has 2 rings (SSSR count). The third kappa shape index (κ3) is 3.48. The smallest absolute Gasteiger partial charge is 0.350 e. The topological polar surface area (TPSA) is 90.9 Å². The lowest BCUT2D eigenvalue weighted by Gasteiger charge is -2.29. The summed E-state index contributed by atoms with van der Waals surface area (Å²) < 4.78 is 28.0. The Morgan fingerprint density at radius 3 is 2.42 bits per heavy atom. The van der Waals surface area contributed by atoms with Gasteiger partial charge in [-0.1, -0.05) is 11.6 Å². The van der Waals surface area contributed by atoms with Crippen molar-refractivity contribution in [3.8, 4) is 0 Å². The second-order valence-corrected chi connectivity index (χ2v) is 5.53. The van der Waals surface area contributed by atoms with E-state index < -0.39 is 40.6 Å². The number of hydrogen-bond donors (Lipinski definition) is 1. The molecule has 1 aromatic rings. The van der Waals surface area contributed by atoms with E-state index in [4.69, 9.17) is 21.1 Å². The van der Waals surface area contributed by atoms with Crippen LogP contribution in [-0.4, -0.2) is 30.8 Å². The van der Waals surface area contributed by atoms with Crippen LogP contribution < -0.4 is 5.32 Å². The van der Waals surface area contributed by atoms with Gasteiger partial charge in [-0.2, -0.15) is 0 Å². The van der Waals surface area contributed by atoms with Crippen molar-refractivity contribution in [2.45, 2.75) is 19.6 Å². The first-order valence-electron chi connectivity index (χ1n) is 6.66. The summed E-state index contributed by atoms with van der Waals surface area (Å²) in [4.78, 5) is 35.2. The molecule has 1 aliphatic heterocycles. The summed E-state index contributed by atoms with van der Waals surface area (Å²) in [6.07, 6.45) is 1.00. The Balaban J connectivity index is 2.31. The van der Waals surface area contributed by atoms with Gasteiger partial charge >= 0.3 is 17.9 Å². The van der Waals surface area contributed by atoms with Gasteiger partial charge in [-0.15, -0.1) is 0 Å². The molecule has 1 N–H and O–H groups in total. The zero-order valence-electron chi connectivity index (χ0n) is 12.9. The minimum Gasteiger partial charge on any atom is -0.465 e. The number of benzene rings is 1. The van der Waals surface area contributed by atoms with Crippen LogP contribution >= 0.6 is 11.6 Å². The Morgan fingerprint density at radius 2 is 1.88 bits per heavy atom. The number of rotatable bonds is 3. The molecule has 1 heterocycles. The molecule has 1 saturated heterocycles. The number of esters is 3. The fourth-order valence-corrected chi connectivity index (χ4v) is 2.17. The van der Waals surface area contributed by atoms with Crippen LogP contribution in [0.2, 0.25) is 5.02 Å². The van der Waals surface area contributed by atoms with Crippen LogP contribution in [0.15, 0.2) is 23.9 Å². The maximum atomic E-state index is 13.7.